The first-order valence-electron chi connectivity index (χ1n) is 7.37. The van der Waals surface area contributed by atoms with E-state index in [-0.39, 0.29) is 0 Å². The average molecular weight is 289 g/mol. The van der Waals surface area contributed by atoms with Crippen LogP contribution in [0.2, 0.25) is 0 Å². The standard InChI is InChI=1S/C14H23N7/c1-19(8-10-5-4-6-20(10)2)9-12-17-13(15)11-7-16-21(3)14(11)18-12/h7,10H,4-6,8-9H2,1-3H3,(H2,15,17,18). The molecule has 114 valence electrons. The second-order valence-electron chi connectivity index (χ2n) is 6.00. The largest absolute Gasteiger partial charge is 0.383 e. The molecule has 2 N–H and O–H groups in total. The molecule has 1 fully saturated rings. The van der Waals surface area contributed by atoms with Gasteiger partial charge in [0.25, 0.3) is 0 Å². The fourth-order valence-corrected chi connectivity index (χ4v) is 3.04. The maximum Gasteiger partial charge on any atom is 0.163 e. The van der Waals surface area contributed by atoms with Crippen molar-refractivity contribution in [2.75, 3.05) is 32.9 Å². The van der Waals surface area contributed by atoms with Crippen molar-refractivity contribution in [3.8, 4) is 0 Å². The second-order valence-corrected chi connectivity index (χ2v) is 6.00. The maximum absolute atomic E-state index is 6.00. The quantitative estimate of drug-likeness (QED) is 0.882. The van der Waals surface area contributed by atoms with Gasteiger partial charge in [-0.15, -0.1) is 0 Å². The minimum absolute atomic E-state index is 0.509. The molecule has 0 saturated carbocycles. The van der Waals surface area contributed by atoms with Gasteiger partial charge in [0.2, 0.25) is 0 Å². The van der Waals surface area contributed by atoms with Crippen LogP contribution in [0, 0.1) is 0 Å². The Morgan fingerprint density at radius 1 is 1.38 bits per heavy atom. The molecular formula is C14H23N7. The van der Waals surface area contributed by atoms with Gasteiger partial charge in [-0.1, -0.05) is 0 Å². The number of aromatic nitrogens is 4. The van der Waals surface area contributed by atoms with Crippen molar-refractivity contribution in [1.82, 2.24) is 29.5 Å². The molecule has 0 radical (unpaired) electrons. The van der Waals surface area contributed by atoms with Crippen LogP contribution >= 0.6 is 0 Å². The first-order chi connectivity index (χ1) is 10.0. The van der Waals surface area contributed by atoms with Crippen molar-refractivity contribution in [2.24, 2.45) is 7.05 Å². The molecule has 0 bridgehead atoms. The van der Waals surface area contributed by atoms with E-state index in [1.807, 2.05) is 7.05 Å². The molecule has 0 aromatic carbocycles. The monoisotopic (exact) mass is 289 g/mol. The Morgan fingerprint density at radius 2 is 2.19 bits per heavy atom. The zero-order valence-electron chi connectivity index (χ0n) is 13.0. The van der Waals surface area contributed by atoms with Gasteiger partial charge in [0.15, 0.2) is 5.65 Å². The van der Waals surface area contributed by atoms with Crippen LogP contribution in [-0.2, 0) is 13.6 Å². The molecule has 1 aliphatic heterocycles. The summed E-state index contributed by atoms with van der Waals surface area (Å²) in [7, 11) is 6.18. The smallest absolute Gasteiger partial charge is 0.163 e. The van der Waals surface area contributed by atoms with Gasteiger partial charge < -0.3 is 10.6 Å². The molecule has 3 heterocycles. The van der Waals surface area contributed by atoms with Crippen molar-refractivity contribution in [1.29, 1.82) is 0 Å². The number of aryl methyl sites for hydroxylation is 1. The molecule has 0 aliphatic carbocycles. The van der Waals surface area contributed by atoms with Crippen molar-refractivity contribution in [3.05, 3.63) is 12.0 Å². The summed E-state index contributed by atoms with van der Waals surface area (Å²) < 4.78 is 1.74. The summed E-state index contributed by atoms with van der Waals surface area (Å²) in [4.78, 5) is 13.7. The van der Waals surface area contributed by atoms with E-state index in [9.17, 15) is 0 Å². The Labute approximate surface area is 124 Å². The predicted octanol–water partition coefficient (Wildman–Crippen LogP) is 0.472. The second kappa shape index (κ2) is 5.57. The van der Waals surface area contributed by atoms with Gasteiger partial charge in [-0.3, -0.25) is 9.58 Å². The number of nitrogens with two attached hydrogens (primary N) is 1. The molecule has 3 rings (SSSR count). The Hall–Kier alpha value is -1.73. The SMILES string of the molecule is CN(Cc1nc(N)c2cnn(C)c2n1)CC1CCCN1C. The topological polar surface area (TPSA) is 76.1 Å². The first kappa shape index (κ1) is 14.2. The summed E-state index contributed by atoms with van der Waals surface area (Å²) in [5, 5.41) is 5.00. The molecule has 2 aromatic rings. The lowest BCUT2D eigenvalue weighted by atomic mass is 10.2. The molecule has 2 aromatic heterocycles. The summed E-state index contributed by atoms with van der Waals surface area (Å²) in [6, 6.07) is 0.632. The summed E-state index contributed by atoms with van der Waals surface area (Å²) in [6.07, 6.45) is 4.27. The molecule has 1 saturated heterocycles. The fraction of sp³-hybridized carbons (Fsp3) is 0.643. The van der Waals surface area contributed by atoms with Crippen LogP contribution in [0.5, 0.6) is 0 Å². The van der Waals surface area contributed by atoms with E-state index >= 15 is 0 Å². The number of likely N-dealkylation sites (N-methyl/N-ethyl adjacent to an activating group) is 2. The maximum atomic E-state index is 6.00. The number of fused-ring (bicyclic) bond motifs is 1. The number of nitrogen functional groups attached to an aromatic ring is 1. The number of likely N-dealkylation sites (tertiary alicyclic amines) is 1. The van der Waals surface area contributed by atoms with Crippen LogP contribution in [-0.4, -0.2) is 62.8 Å². The molecule has 21 heavy (non-hydrogen) atoms. The first-order valence-corrected chi connectivity index (χ1v) is 7.37. The molecule has 7 heteroatoms. The average Bonchev–Trinajstić information content (AvgIpc) is 2.98. The number of rotatable bonds is 4. The van der Waals surface area contributed by atoms with E-state index in [0.717, 1.165) is 23.4 Å². The molecule has 1 unspecified atom stereocenters. The van der Waals surface area contributed by atoms with Gasteiger partial charge in [0.05, 0.1) is 18.1 Å². The van der Waals surface area contributed by atoms with Gasteiger partial charge in [-0.2, -0.15) is 5.10 Å². The third-order valence-electron chi connectivity index (χ3n) is 4.27. The Morgan fingerprint density at radius 3 is 2.90 bits per heavy atom. The lowest BCUT2D eigenvalue weighted by Crippen LogP contribution is -2.36. The fourth-order valence-electron chi connectivity index (χ4n) is 3.04. The minimum atomic E-state index is 0.509. The molecular weight excluding hydrogens is 266 g/mol. The normalized spacial score (nSPS) is 19.9. The molecule has 1 atom stereocenters. The molecule has 0 spiro atoms. The highest BCUT2D eigenvalue weighted by atomic mass is 15.3. The van der Waals surface area contributed by atoms with Gasteiger partial charge in [-0.05, 0) is 33.5 Å². The van der Waals surface area contributed by atoms with Crippen molar-refractivity contribution >= 4 is 16.9 Å². The molecule has 1 aliphatic rings. The lowest BCUT2D eigenvalue weighted by Gasteiger charge is -2.25. The van der Waals surface area contributed by atoms with E-state index in [1.54, 1.807) is 10.9 Å². The van der Waals surface area contributed by atoms with Crippen LogP contribution in [0.25, 0.3) is 11.0 Å². The van der Waals surface area contributed by atoms with Crippen LogP contribution in [0.1, 0.15) is 18.7 Å². The van der Waals surface area contributed by atoms with Crippen molar-refractivity contribution in [2.45, 2.75) is 25.4 Å². The van der Waals surface area contributed by atoms with Crippen molar-refractivity contribution in [3.63, 3.8) is 0 Å². The van der Waals surface area contributed by atoms with E-state index in [0.29, 0.717) is 18.4 Å². The van der Waals surface area contributed by atoms with Crippen molar-refractivity contribution < 1.29 is 0 Å². The number of nitrogens with zero attached hydrogens (tertiary/aromatic N) is 6. The third kappa shape index (κ3) is 2.84. The molecule has 7 nitrogen and oxygen atoms in total. The third-order valence-corrected chi connectivity index (χ3v) is 4.27. The highest BCUT2D eigenvalue weighted by molar-refractivity contribution is 5.84. The van der Waals surface area contributed by atoms with Crippen LogP contribution in [0.15, 0.2) is 6.20 Å². The number of anilines is 1. The number of hydrogen-bond donors (Lipinski definition) is 1. The summed E-state index contributed by atoms with van der Waals surface area (Å²) in [5.41, 5.74) is 6.80. The van der Waals surface area contributed by atoms with Gasteiger partial charge in [-0.25, -0.2) is 9.97 Å². The lowest BCUT2D eigenvalue weighted by molar-refractivity contribution is 0.213. The molecule has 0 amide bonds. The summed E-state index contributed by atoms with van der Waals surface area (Å²) in [6.45, 7) is 2.93. The van der Waals surface area contributed by atoms with E-state index in [2.05, 4.69) is 39.0 Å². The van der Waals surface area contributed by atoms with Gasteiger partial charge in [0.1, 0.15) is 11.6 Å². The minimum Gasteiger partial charge on any atom is -0.383 e. The summed E-state index contributed by atoms with van der Waals surface area (Å²) >= 11 is 0. The highest BCUT2D eigenvalue weighted by Gasteiger charge is 2.22. The Kier molecular flexibility index (Phi) is 3.77. The van der Waals surface area contributed by atoms with Crippen LogP contribution in [0.4, 0.5) is 5.82 Å². The van der Waals surface area contributed by atoms with Gasteiger partial charge in [0, 0.05) is 19.6 Å². The number of hydrogen-bond acceptors (Lipinski definition) is 6. The zero-order valence-corrected chi connectivity index (χ0v) is 13.0. The van der Waals surface area contributed by atoms with E-state index < -0.39 is 0 Å². The van der Waals surface area contributed by atoms with Gasteiger partial charge >= 0.3 is 0 Å². The zero-order chi connectivity index (χ0) is 15.0. The Bertz CT molecular complexity index is 636. The summed E-state index contributed by atoms with van der Waals surface area (Å²) in [5.74, 6) is 1.27. The Balaban J connectivity index is 1.73. The highest BCUT2D eigenvalue weighted by Crippen LogP contribution is 2.18. The van der Waals surface area contributed by atoms with Crippen LogP contribution in [0.3, 0.4) is 0 Å². The predicted molar refractivity (Wildman–Crippen MR) is 82.7 cm³/mol. The van der Waals surface area contributed by atoms with E-state index in [1.165, 1.54) is 19.4 Å². The van der Waals surface area contributed by atoms with E-state index in [4.69, 9.17) is 5.73 Å². The van der Waals surface area contributed by atoms with Crippen LogP contribution < -0.4 is 5.73 Å².